The van der Waals surface area contributed by atoms with Crippen LogP contribution >= 0.6 is 0 Å². The molecule has 6 rings (SSSR count). The molecule has 0 aliphatic rings. The lowest BCUT2D eigenvalue weighted by atomic mass is 10.1. The van der Waals surface area contributed by atoms with Gasteiger partial charge in [-0.3, -0.25) is 20.1 Å². The van der Waals surface area contributed by atoms with Gasteiger partial charge >= 0.3 is 0 Å². The van der Waals surface area contributed by atoms with Crippen molar-refractivity contribution in [2.24, 2.45) is 0 Å². The fourth-order valence-electron chi connectivity index (χ4n) is 3.63. The summed E-state index contributed by atoms with van der Waals surface area (Å²) in [5.74, 6) is 0.634. The number of nitrogens with one attached hydrogen (secondary N) is 2. The zero-order valence-electron chi connectivity index (χ0n) is 16.1. The number of aromatic nitrogens is 8. The lowest BCUT2D eigenvalue weighted by Crippen LogP contribution is -1.89. The van der Waals surface area contributed by atoms with E-state index in [1.165, 1.54) is 0 Å². The number of nitrogens with two attached hydrogens (primary N) is 1. The second-order valence-corrected chi connectivity index (χ2v) is 7.08. The second-order valence-electron chi connectivity index (χ2n) is 7.08. The number of H-pyrrole nitrogens is 2. The largest absolute Gasteiger partial charge is 0.397 e. The van der Waals surface area contributed by atoms with Gasteiger partial charge in [0, 0.05) is 53.9 Å². The molecule has 0 spiro atoms. The normalized spacial score (nSPS) is 11.4. The number of rotatable bonds is 3. The number of pyridine rings is 4. The highest BCUT2D eigenvalue weighted by molar-refractivity contribution is 5.96. The molecule has 0 aliphatic carbocycles. The van der Waals surface area contributed by atoms with E-state index in [-0.39, 0.29) is 0 Å². The standard InChI is InChI=1S/C22H15N9/c23-15-7-13(9-25-11-15)14-8-16-19(30-31-21(16)27-10-14)22-28-17-3-6-26-18(20(17)29-22)12-1-4-24-5-2-12/h1-11H,23H2,(H,28,29)(H,27,30,31). The maximum absolute atomic E-state index is 5.89. The minimum atomic E-state index is 0.596. The van der Waals surface area contributed by atoms with Crippen molar-refractivity contribution in [1.82, 2.24) is 40.1 Å². The van der Waals surface area contributed by atoms with Gasteiger partial charge in [0.2, 0.25) is 0 Å². The lowest BCUT2D eigenvalue weighted by molar-refractivity contribution is 1.09. The van der Waals surface area contributed by atoms with E-state index in [4.69, 9.17) is 10.7 Å². The van der Waals surface area contributed by atoms with Crippen LogP contribution in [0, 0.1) is 0 Å². The second kappa shape index (κ2) is 6.70. The lowest BCUT2D eigenvalue weighted by Gasteiger charge is -2.02. The van der Waals surface area contributed by atoms with E-state index in [9.17, 15) is 0 Å². The van der Waals surface area contributed by atoms with Crippen LogP contribution in [0.4, 0.5) is 5.69 Å². The van der Waals surface area contributed by atoms with Crippen LogP contribution in [0.15, 0.2) is 67.5 Å². The number of nitrogen functional groups attached to an aromatic ring is 1. The SMILES string of the molecule is Nc1cncc(-c2cnc3[nH]nc(-c4nc5c(-c6ccncc6)nccc5[nH]4)c3c2)c1. The fraction of sp³-hybridized carbons (Fsp3) is 0. The molecule has 0 aliphatic heterocycles. The average Bonchev–Trinajstić information content (AvgIpc) is 3.43. The average molecular weight is 405 g/mol. The zero-order chi connectivity index (χ0) is 20.8. The van der Waals surface area contributed by atoms with Gasteiger partial charge in [0.05, 0.1) is 22.3 Å². The van der Waals surface area contributed by atoms with Crippen LogP contribution in [-0.2, 0) is 0 Å². The van der Waals surface area contributed by atoms with Crippen molar-refractivity contribution in [2.45, 2.75) is 0 Å². The Bertz CT molecular complexity index is 1550. The molecule has 0 fully saturated rings. The molecule has 6 heterocycles. The summed E-state index contributed by atoms with van der Waals surface area (Å²) >= 11 is 0. The molecule has 0 saturated heterocycles. The Hall–Kier alpha value is -4.66. The molecule has 0 atom stereocenters. The van der Waals surface area contributed by atoms with Crippen molar-refractivity contribution < 1.29 is 0 Å². The number of anilines is 1. The molecule has 0 amide bonds. The van der Waals surface area contributed by atoms with Crippen LogP contribution in [0.1, 0.15) is 0 Å². The molecular formula is C22H15N9. The third-order valence-electron chi connectivity index (χ3n) is 5.09. The Kier molecular flexibility index (Phi) is 3.72. The maximum Gasteiger partial charge on any atom is 0.159 e. The summed E-state index contributed by atoms with van der Waals surface area (Å²) in [5, 5.41) is 8.29. The number of hydrogen-bond acceptors (Lipinski definition) is 7. The highest BCUT2D eigenvalue weighted by atomic mass is 15.2. The fourth-order valence-corrected chi connectivity index (χ4v) is 3.63. The van der Waals surface area contributed by atoms with Crippen LogP contribution in [-0.4, -0.2) is 40.1 Å². The highest BCUT2D eigenvalue weighted by Gasteiger charge is 2.17. The van der Waals surface area contributed by atoms with E-state index in [0.717, 1.165) is 38.8 Å². The Morgan fingerprint density at radius 2 is 1.65 bits per heavy atom. The van der Waals surface area contributed by atoms with Crippen molar-refractivity contribution in [3.63, 3.8) is 0 Å². The predicted octanol–water partition coefficient (Wildman–Crippen LogP) is 3.60. The topological polar surface area (TPSA) is 135 Å². The molecule has 0 radical (unpaired) electrons. The molecule has 6 aromatic rings. The summed E-state index contributed by atoms with van der Waals surface area (Å²) in [6.45, 7) is 0. The van der Waals surface area contributed by atoms with Crippen LogP contribution in [0.3, 0.4) is 0 Å². The van der Waals surface area contributed by atoms with E-state index in [1.807, 2.05) is 30.3 Å². The van der Waals surface area contributed by atoms with E-state index < -0.39 is 0 Å². The molecule has 9 nitrogen and oxygen atoms in total. The first-order chi connectivity index (χ1) is 15.3. The zero-order valence-corrected chi connectivity index (χ0v) is 16.1. The molecular weight excluding hydrogens is 390 g/mol. The van der Waals surface area contributed by atoms with E-state index >= 15 is 0 Å². The van der Waals surface area contributed by atoms with E-state index in [1.54, 1.807) is 37.2 Å². The van der Waals surface area contributed by atoms with Crippen molar-refractivity contribution in [2.75, 3.05) is 5.73 Å². The Labute approximate surface area is 175 Å². The summed E-state index contributed by atoms with van der Waals surface area (Å²) in [6, 6.07) is 9.59. The molecule has 31 heavy (non-hydrogen) atoms. The van der Waals surface area contributed by atoms with Crippen LogP contribution in [0.2, 0.25) is 0 Å². The van der Waals surface area contributed by atoms with Gasteiger partial charge in [-0.1, -0.05) is 0 Å². The van der Waals surface area contributed by atoms with Crippen LogP contribution in [0.25, 0.3) is 56.0 Å². The molecule has 0 aromatic carbocycles. The number of aromatic amines is 2. The van der Waals surface area contributed by atoms with Crippen LogP contribution < -0.4 is 5.73 Å². The van der Waals surface area contributed by atoms with Gasteiger partial charge in [0.15, 0.2) is 11.5 Å². The first-order valence-corrected chi connectivity index (χ1v) is 9.57. The highest BCUT2D eigenvalue weighted by Crippen LogP contribution is 2.31. The Morgan fingerprint density at radius 1 is 0.774 bits per heavy atom. The summed E-state index contributed by atoms with van der Waals surface area (Å²) in [5.41, 5.74) is 13.0. The summed E-state index contributed by atoms with van der Waals surface area (Å²) < 4.78 is 0. The third-order valence-corrected chi connectivity index (χ3v) is 5.09. The summed E-state index contributed by atoms with van der Waals surface area (Å²) in [6.07, 6.45) is 10.4. The monoisotopic (exact) mass is 405 g/mol. The minimum Gasteiger partial charge on any atom is -0.397 e. The van der Waals surface area contributed by atoms with Gasteiger partial charge in [-0.05, 0) is 30.3 Å². The van der Waals surface area contributed by atoms with Gasteiger partial charge in [0.1, 0.15) is 11.2 Å². The molecule has 0 unspecified atom stereocenters. The van der Waals surface area contributed by atoms with Crippen molar-refractivity contribution in [3.8, 4) is 33.9 Å². The molecule has 0 bridgehead atoms. The summed E-state index contributed by atoms with van der Waals surface area (Å²) in [4.78, 5) is 25.5. The number of hydrogen-bond donors (Lipinski definition) is 3. The van der Waals surface area contributed by atoms with Gasteiger partial charge in [-0.25, -0.2) is 9.97 Å². The number of imidazole rings is 1. The quantitative estimate of drug-likeness (QED) is 0.409. The molecule has 148 valence electrons. The van der Waals surface area contributed by atoms with Crippen LogP contribution in [0.5, 0.6) is 0 Å². The Balaban J connectivity index is 1.51. The van der Waals surface area contributed by atoms with Gasteiger partial charge in [0.25, 0.3) is 0 Å². The summed E-state index contributed by atoms with van der Waals surface area (Å²) in [7, 11) is 0. The minimum absolute atomic E-state index is 0.596. The van der Waals surface area contributed by atoms with Crippen molar-refractivity contribution in [1.29, 1.82) is 0 Å². The van der Waals surface area contributed by atoms with Gasteiger partial charge in [-0.2, -0.15) is 5.10 Å². The first kappa shape index (κ1) is 17.2. The van der Waals surface area contributed by atoms with E-state index in [0.29, 0.717) is 22.9 Å². The number of nitrogens with zero attached hydrogens (tertiary/aromatic N) is 6. The third kappa shape index (κ3) is 2.87. The van der Waals surface area contributed by atoms with Gasteiger partial charge in [-0.15, -0.1) is 0 Å². The molecule has 0 saturated carbocycles. The first-order valence-electron chi connectivity index (χ1n) is 9.57. The van der Waals surface area contributed by atoms with E-state index in [2.05, 4.69) is 35.1 Å². The Morgan fingerprint density at radius 3 is 2.52 bits per heavy atom. The smallest absolute Gasteiger partial charge is 0.159 e. The molecule has 4 N–H and O–H groups in total. The maximum atomic E-state index is 5.89. The molecule has 6 aromatic heterocycles. The van der Waals surface area contributed by atoms with Crippen molar-refractivity contribution >= 4 is 27.8 Å². The van der Waals surface area contributed by atoms with Crippen molar-refractivity contribution in [3.05, 3.63) is 67.5 Å². The van der Waals surface area contributed by atoms with Gasteiger partial charge < -0.3 is 10.7 Å². The molecule has 9 heteroatoms. The predicted molar refractivity (Wildman–Crippen MR) is 118 cm³/mol. The number of fused-ring (bicyclic) bond motifs is 2.